The number of alkyl halides is 5. The van der Waals surface area contributed by atoms with Crippen molar-refractivity contribution in [2.75, 3.05) is 39.7 Å². The summed E-state index contributed by atoms with van der Waals surface area (Å²) in [5.74, 6) is -5.35. The van der Waals surface area contributed by atoms with Gasteiger partial charge in [-0.1, -0.05) is 19.1 Å². The quantitative estimate of drug-likeness (QED) is 0.315. The van der Waals surface area contributed by atoms with Crippen LogP contribution in [0.15, 0.2) is 36.7 Å². The van der Waals surface area contributed by atoms with Crippen molar-refractivity contribution in [2.45, 2.75) is 31.5 Å². The monoisotopic (exact) mass is 556 g/mol. The predicted molar refractivity (Wildman–Crippen MR) is 134 cm³/mol. The first-order valence-electron chi connectivity index (χ1n) is 11.8. The Labute approximate surface area is 221 Å². The van der Waals surface area contributed by atoms with E-state index in [1.54, 1.807) is 31.3 Å². The summed E-state index contributed by atoms with van der Waals surface area (Å²) in [6.07, 6.45) is -3.30. The number of carbonyl (C=O) groups is 1. The first-order chi connectivity index (χ1) is 18.3. The average Bonchev–Trinajstić information content (AvgIpc) is 2.88. The maximum atomic E-state index is 14.6. The number of methoxy groups -OCH3 is 2. The third-order valence-corrected chi connectivity index (χ3v) is 6.21. The van der Waals surface area contributed by atoms with E-state index in [1.807, 2.05) is 0 Å². The highest BCUT2D eigenvalue weighted by Crippen LogP contribution is 2.37. The second kappa shape index (κ2) is 11.8. The van der Waals surface area contributed by atoms with Crippen LogP contribution in [0.2, 0.25) is 0 Å². The minimum absolute atomic E-state index is 0.158. The zero-order valence-electron chi connectivity index (χ0n) is 21.7. The Morgan fingerprint density at radius 2 is 2.00 bits per heavy atom. The molecule has 1 fully saturated rings. The van der Waals surface area contributed by atoms with Crippen molar-refractivity contribution in [3.05, 3.63) is 47.8 Å². The molecule has 2 aromatic rings. The number of halogens is 5. The average molecular weight is 557 g/mol. The molecule has 0 saturated carbocycles. The molecule has 2 unspecified atom stereocenters. The van der Waals surface area contributed by atoms with E-state index in [4.69, 9.17) is 14.9 Å². The number of nitrogens with one attached hydrogen (secondary N) is 3. The lowest BCUT2D eigenvalue weighted by Crippen LogP contribution is -2.58. The molecule has 1 amide bonds. The fourth-order valence-electron chi connectivity index (χ4n) is 4.37. The predicted octanol–water partition coefficient (Wildman–Crippen LogP) is 4.08. The Bertz CT molecular complexity index is 1240. The number of hydrogen-bond donors (Lipinski definition) is 3. The SMILES string of the molecule is CN/C=C(\C(=N)C(=O)N1CC(F)(F)CC(C)C1CNc1ncc(C(F)(F)F)c(OC)n1)c1cccc(OC)c1. The highest BCUT2D eigenvalue weighted by Gasteiger charge is 2.47. The van der Waals surface area contributed by atoms with Crippen molar-refractivity contribution in [3.63, 3.8) is 0 Å². The summed E-state index contributed by atoms with van der Waals surface area (Å²) in [5.41, 5.74) is -1.09. The van der Waals surface area contributed by atoms with E-state index in [0.717, 1.165) is 12.0 Å². The van der Waals surface area contributed by atoms with Gasteiger partial charge in [0.15, 0.2) is 0 Å². The van der Waals surface area contributed by atoms with Gasteiger partial charge in [0.1, 0.15) is 17.0 Å². The first-order valence-corrected chi connectivity index (χ1v) is 11.8. The molecule has 1 aromatic heterocycles. The number of benzene rings is 1. The van der Waals surface area contributed by atoms with Gasteiger partial charge >= 0.3 is 6.18 Å². The van der Waals surface area contributed by atoms with Crippen LogP contribution in [-0.4, -0.2) is 72.8 Å². The maximum Gasteiger partial charge on any atom is 0.423 e. The minimum Gasteiger partial charge on any atom is -0.497 e. The number of anilines is 1. The number of amides is 1. The van der Waals surface area contributed by atoms with E-state index in [9.17, 15) is 26.7 Å². The van der Waals surface area contributed by atoms with Gasteiger partial charge in [0.2, 0.25) is 11.8 Å². The lowest BCUT2D eigenvalue weighted by atomic mass is 9.87. The number of ether oxygens (including phenoxy) is 2. The molecule has 0 radical (unpaired) electrons. The van der Waals surface area contributed by atoms with Gasteiger partial charge in [0.25, 0.3) is 11.8 Å². The highest BCUT2D eigenvalue weighted by atomic mass is 19.4. The number of piperidine rings is 1. The molecule has 1 aliphatic rings. The van der Waals surface area contributed by atoms with E-state index >= 15 is 0 Å². The Hall–Kier alpha value is -3.97. The number of rotatable bonds is 9. The van der Waals surface area contributed by atoms with Crippen molar-refractivity contribution in [1.82, 2.24) is 20.2 Å². The van der Waals surface area contributed by atoms with Crippen molar-refractivity contribution in [1.29, 1.82) is 5.41 Å². The van der Waals surface area contributed by atoms with Crippen molar-refractivity contribution in [2.24, 2.45) is 5.92 Å². The molecule has 1 saturated heterocycles. The van der Waals surface area contributed by atoms with E-state index in [1.165, 1.54) is 20.2 Å². The van der Waals surface area contributed by atoms with Crippen molar-refractivity contribution >= 4 is 23.1 Å². The van der Waals surface area contributed by atoms with Crippen LogP contribution in [0, 0.1) is 11.3 Å². The molecular weight excluding hydrogens is 527 g/mol. The van der Waals surface area contributed by atoms with E-state index < -0.39 is 60.1 Å². The van der Waals surface area contributed by atoms with Crippen LogP contribution in [0.3, 0.4) is 0 Å². The largest absolute Gasteiger partial charge is 0.497 e. The van der Waals surface area contributed by atoms with Gasteiger partial charge in [-0.25, -0.2) is 13.8 Å². The topological polar surface area (TPSA) is 112 Å². The Morgan fingerprint density at radius 3 is 2.62 bits per heavy atom. The fourth-order valence-corrected chi connectivity index (χ4v) is 4.37. The molecule has 0 bridgehead atoms. The second-order valence-corrected chi connectivity index (χ2v) is 8.99. The van der Waals surface area contributed by atoms with Crippen LogP contribution < -0.4 is 20.1 Å². The summed E-state index contributed by atoms with van der Waals surface area (Å²) < 4.78 is 78.6. The Morgan fingerprint density at radius 1 is 1.28 bits per heavy atom. The van der Waals surface area contributed by atoms with Gasteiger partial charge in [-0.3, -0.25) is 10.2 Å². The summed E-state index contributed by atoms with van der Waals surface area (Å²) in [6, 6.07) is 5.74. The zero-order chi connectivity index (χ0) is 29.0. The molecule has 2 atom stereocenters. The van der Waals surface area contributed by atoms with Crippen molar-refractivity contribution < 1.29 is 36.2 Å². The molecule has 3 N–H and O–H groups in total. The lowest BCUT2D eigenvalue weighted by Gasteiger charge is -2.43. The van der Waals surface area contributed by atoms with E-state index in [2.05, 4.69) is 20.6 Å². The molecule has 0 aliphatic carbocycles. The molecule has 1 aromatic carbocycles. The standard InChI is InChI=1S/C25H29F5N6O3/c1-14-9-24(26,27)13-36(19(14)12-34-23-33-11-18(25(28,29)30)21(35-23)39-4)22(37)20(31)17(10-32-2)15-6-5-7-16(8-15)38-3/h5-8,10-11,14,19,31-32H,9,12-13H2,1-4H3,(H,33,34,35)/b17-10-,31-20?. The summed E-state index contributed by atoms with van der Waals surface area (Å²) in [7, 11) is 4.05. The normalized spacial score (nSPS) is 19.3. The van der Waals surface area contributed by atoms with Gasteiger partial charge in [-0.15, -0.1) is 0 Å². The maximum absolute atomic E-state index is 14.6. The molecule has 212 valence electrons. The van der Waals surface area contributed by atoms with Gasteiger partial charge < -0.3 is 25.0 Å². The molecule has 9 nitrogen and oxygen atoms in total. The fraction of sp³-hybridized carbons (Fsp3) is 0.440. The molecule has 14 heteroatoms. The Balaban J connectivity index is 1.89. The third-order valence-electron chi connectivity index (χ3n) is 6.21. The van der Waals surface area contributed by atoms with Crippen LogP contribution in [0.5, 0.6) is 11.6 Å². The minimum atomic E-state index is -4.74. The highest BCUT2D eigenvalue weighted by molar-refractivity contribution is 6.54. The molecule has 0 spiro atoms. The second-order valence-electron chi connectivity index (χ2n) is 8.99. The molecule has 1 aliphatic heterocycles. The molecule has 3 rings (SSSR count). The summed E-state index contributed by atoms with van der Waals surface area (Å²) in [6.45, 7) is 0.436. The van der Waals surface area contributed by atoms with Crippen LogP contribution in [0.4, 0.5) is 27.9 Å². The van der Waals surface area contributed by atoms with Crippen LogP contribution in [-0.2, 0) is 11.0 Å². The first kappa shape index (κ1) is 29.6. The van der Waals surface area contributed by atoms with Gasteiger partial charge in [0.05, 0.1) is 26.8 Å². The van der Waals surface area contributed by atoms with Gasteiger partial charge in [-0.2, -0.15) is 18.2 Å². The van der Waals surface area contributed by atoms with Gasteiger partial charge in [0, 0.05) is 38.0 Å². The molecule has 39 heavy (non-hydrogen) atoms. The van der Waals surface area contributed by atoms with Crippen LogP contribution in [0.1, 0.15) is 24.5 Å². The Kier molecular flexibility index (Phi) is 8.97. The van der Waals surface area contributed by atoms with E-state index in [-0.39, 0.29) is 18.1 Å². The van der Waals surface area contributed by atoms with Crippen molar-refractivity contribution in [3.8, 4) is 11.6 Å². The van der Waals surface area contributed by atoms with Crippen LogP contribution >= 0.6 is 0 Å². The summed E-state index contributed by atoms with van der Waals surface area (Å²) in [4.78, 5) is 21.8. The number of likely N-dealkylation sites (tertiary alicyclic amines) is 1. The van der Waals surface area contributed by atoms with E-state index in [0.29, 0.717) is 17.5 Å². The third kappa shape index (κ3) is 6.92. The van der Waals surface area contributed by atoms with Crippen LogP contribution in [0.25, 0.3) is 5.57 Å². The smallest absolute Gasteiger partial charge is 0.423 e. The number of nitrogens with zero attached hydrogens (tertiary/aromatic N) is 3. The zero-order valence-corrected chi connectivity index (χ0v) is 21.7. The molecular formula is C25H29F5N6O3. The summed E-state index contributed by atoms with van der Waals surface area (Å²) in [5, 5.41) is 14.1. The number of carbonyl (C=O) groups excluding carboxylic acids is 1. The summed E-state index contributed by atoms with van der Waals surface area (Å²) >= 11 is 0. The lowest BCUT2D eigenvalue weighted by molar-refractivity contribution is -0.145. The van der Waals surface area contributed by atoms with Gasteiger partial charge in [-0.05, 0) is 23.6 Å². The molecule has 2 heterocycles. The number of hydrogen-bond acceptors (Lipinski definition) is 8. The number of aromatic nitrogens is 2.